The van der Waals surface area contributed by atoms with Crippen LogP contribution in [0.15, 0.2) is 0 Å². The van der Waals surface area contributed by atoms with E-state index >= 15 is 0 Å². The van der Waals surface area contributed by atoms with Crippen LogP contribution in [0.5, 0.6) is 0 Å². The topological polar surface area (TPSA) is 49.8 Å². The van der Waals surface area contributed by atoms with E-state index in [1.54, 1.807) is 0 Å². The maximum absolute atomic E-state index is 12.3. The Morgan fingerprint density at radius 1 is 1.33 bits per heavy atom. The number of rotatable bonds is 0. The number of hydrogen-bond acceptors (Lipinski definition) is 3. The van der Waals surface area contributed by atoms with Gasteiger partial charge in [-0.15, -0.1) is 0 Å². The summed E-state index contributed by atoms with van der Waals surface area (Å²) in [6, 6.07) is 0. The van der Waals surface area contributed by atoms with E-state index in [4.69, 9.17) is 4.74 Å². The van der Waals surface area contributed by atoms with Crippen LogP contribution < -0.4 is 0 Å². The third kappa shape index (κ3) is 2.79. The van der Waals surface area contributed by atoms with Crippen molar-refractivity contribution in [2.45, 2.75) is 76.5 Å². The summed E-state index contributed by atoms with van der Waals surface area (Å²) in [5.74, 6) is 0. The first kappa shape index (κ1) is 13.7. The molecule has 1 heterocycles. The molecule has 2 fully saturated rings. The number of amides is 1. The van der Waals surface area contributed by atoms with Gasteiger partial charge < -0.3 is 14.7 Å². The number of carbonyl (C=O) groups is 1. The van der Waals surface area contributed by atoms with Gasteiger partial charge in [-0.3, -0.25) is 0 Å². The third-order valence-electron chi connectivity index (χ3n) is 4.01. The lowest BCUT2D eigenvalue weighted by Crippen LogP contribution is -2.52. The Bertz CT molecular complexity index is 323. The first-order chi connectivity index (χ1) is 8.32. The van der Waals surface area contributed by atoms with E-state index in [1.165, 1.54) is 0 Å². The average molecular weight is 255 g/mol. The molecule has 0 aromatic rings. The zero-order valence-corrected chi connectivity index (χ0v) is 11.7. The van der Waals surface area contributed by atoms with E-state index in [2.05, 4.69) is 0 Å². The van der Waals surface area contributed by atoms with Crippen LogP contribution in [-0.4, -0.2) is 39.9 Å². The summed E-state index contributed by atoms with van der Waals surface area (Å²) in [5.41, 5.74) is -0.589. The van der Waals surface area contributed by atoms with Gasteiger partial charge in [0.15, 0.2) is 0 Å². The molecule has 0 aromatic heterocycles. The van der Waals surface area contributed by atoms with Crippen LogP contribution in [0.2, 0.25) is 0 Å². The van der Waals surface area contributed by atoms with Crippen molar-refractivity contribution in [2.24, 2.45) is 0 Å². The Hall–Kier alpha value is -0.770. The molecule has 1 saturated heterocycles. The van der Waals surface area contributed by atoms with Crippen LogP contribution in [0.3, 0.4) is 0 Å². The summed E-state index contributed by atoms with van der Waals surface area (Å²) >= 11 is 0. The van der Waals surface area contributed by atoms with E-state index in [0.29, 0.717) is 6.42 Å². The van der Waals surface area contributed by atoms with Crippen molar-refractivity contribution in [2.75, 3.05) is 6.54 Å². The number of hydrogen-bond donors (Lipinski definition) is 1. The van der Waals surface area contributed by atoms with Crippen LogP contribution in [0.4, 0.5) is 4.79 Å². The Morgan fingerprint density at radius 3 is 2.61 bits per heavy atom. The number of aliphatic hydroxyl groups is 1. The van der Waals surface area contributed by atoms with Gasteiger partial charge in [0.05, 0.1) is 6.10 Å². The van der Waals surface area contributed by atoms with Crippen molar-refractivity contribution in [3.8, 4) is 0 Å². The van der Waals surface area contributed by atoms with E-state index < -0.39 is 5.60 Å². The van der Waals surface area contributed by atoms with Gasteiger partial charge in [0.25, 0.3) is 0 Å². The summed E-state index contributed by atoms with van der Waals surface area (Å²) in [6.07, 6.45) is 5.13. The molecule has 1 amide bonds. The molecular weight excluding hydrogens is 230 g/mol. The highest BCUT2D eigenvalue weighted by molar-refractivity contribution is 5.69. The molecule has 1 saturated carbocycles. The molecule has 2 aliphatic rings. The molecule has 18 heavy (non-hydrogen) atoms. The maximum atomic E-state index is 12.3. The van der Waals surface area contributed by atoms with E-state index in [-0.39, 0.29) is 17.7 Å². The second kappa shape index (κ2) is 4.72. The quantitative estimate of drug-likeness (QED) is 0.724. The normalized spacial score (nSPS) is 32.9. The molecule has 2 rings (SSSR count). The Kier molecular flexibility index (Phi) is 3.58. The summed E-state index contributed by atoms with van der Waals surface area (Å²) < 4.78 is 5.49. The van der Waals surface area contributed by atoms with Crippen LogP contribution in [-0.2, 0) is 4.74 Å². The molecule has 4 heteroatoms. The van der Waals surface area contributed by atoms with Gasteiger partial charge in [-0.05, 0) is 59.3 Å². The standard InChI is InChI=1S/C14H25NO3/c1-13(2,3)18-12(17)15-9-5-8-14(15)7-4-6-11(16)10-14/h11,16H,4-10H2,1-3H3. The summed E-state index contributed by atoms with van der Waals surface area (Å²) in [6.45, 7) is 6.44. The number of aliphatic hydroxyl groups excluding tert-OH is 1. The Labute approximate surface area is 109 Å². The van der Waals surface area contributed by atoms with Crippen molar-refractivity contribution < 1.29 is 14.6 Å². The van der Waals surface area contributed by atoms with Crippen molar-refractivity contribution in [3.05, 3.63) is 0 Å². The fourth-order valence-electron chi connectivity index (χ4n) is 3.32. The first-order valence-electron chi connectivity index (χ1n) is 7.01. The largest absolute Gasteiger partial charge is 0.444 e. The second-order valence-electron chi connectivity index (χ2n) is 6.71. The summed E-state index contributed by atoms with van der Waals surface area (Å²) in [4.78, 5) is 14.1. The predicted octanol–water partition coefficient (Wildman–Crippen LogP) is 2.69. The molecule has 4 nitrogen and oxygen atoms in total. The predicted molar refractivity (Wildman–Crippen MR) is 69.4 cm³/mol. The molecule has 0 bridgehead atoms. The molecular formula is C14H25NO3. The van der Waals surface area contributed by atoms with Crippen LogP contribution in [0.25, 0.3) is 0 Å². The first-order valence-corrected chi connectivity index (χ1v) is 7.01. The molecule has 0 radical (unpaired) electrons. The van der Waals surface area contributed by atoms with Gasteiger partial charge in [-0.1, -0.05) is 0 Å². The number of likely N-dealkylation sites (tertiary alicyclic amines) is 1. The van der Waals surface area contributed by atoms with Crippen molar-refractivity contribution in [3.63, 3.8) is 0 Å². The van der Waals surface area contributed by atoms with Crippen LogP contribution >= 0.6 is 0 Å². The van der Waals surface area contributed by atoms with E-state index in [9.17, 15) is 9.90 Å². The van der Waals surface area contributed by atoms with Crippen molar-refractivity contribution in [1.29, 1.82) is 0 Å². The molecule has 1 N–H and O–H groups in total. The zero-order chi connectivity index (χ0) is 13.4. The van der Waals surface area contributed by atoms with Crippen LogP contribution in [0.1, 0.15) is 59.3 Å². The second-order valence-corrected chi connectivity index (χ2v) is 6.71. The van der Waals surface area contributed by atoms with Gasteiger partial charge in [0.2, 0.25) is 0 Å². The minimum atomic E-state index is -0.450. The maximum Gasteiger partial charge on any atom is 0.410 e. The molecule has 1 aliphatic heterocycles. The Morgan fingerprint density at radius 2 is 2.00 bits per heavy atom. The molecule has 2 unspecified atom stereocenters. The number of ether oxygens (including phenoxy) is 1. The molecule has 0 aromatic carbocycles. The SMILES string of the molecule is CC(C)(C)OC(=O)N1CCCC12CCCC(O)C2. The van der Waals surface area contributed by atoms with Gasteiger partial charge in [-0.25, -0.2) is 4.79 Å². The monoisotopic (exact) mass is 255 g/mol. The fourth-order valence-corrected chi connectivity index (χ4v) is 3.32. The molecule has 1 spiro atoms. The smallest absolute Gasteiger partial charge is 0.410 e. The lowest BCUT2D eigenvalue weighted by molar-refractivity contribution is -0.0173. The highest BCUT2D eigenvalue weighted by Crippen LogP contribution is 2.42. The molecule has 2 atom stereocenters. The number of nitrogens with zero attached hydrogens (tertiary/aromatic N) is 1. The lowest BCUT2D eigenvalue weighted by atomic mass is 9.78. The Balaban J connectivity index is 2.09. The highest BCUT2D eigenvalue weighted by atomic mass is 16.6. The summed E-state index contributed by atoms with van der Waals surface area (Å²) in [5, 5.41) is 9.89. The average Bonchev–Trinajstić information content (AvgIpc) is 2.58. The minimum Gasteiger partial charge on any atom is -0.444 e. The fraction of sp³-hybridized carbons (Fsp3) is 0.929. The zero-order valence-electron chi connectivity index (χ0n) is 11.7. The van der Waals surface area contributed by atoms with Gasteiger partial charge >= 0.3 is 6.09 Å². The molecule has 1 aliphatic carbocycles. The van der Waals surface area contributed by atoms with Gasteiger partial charge in [0, 0.05) is 12.1 Å². The van der Waals surface area contributed by atoms with E-state index in [1.807, 2.05) is 25.7 Å². The van der Waals surface area contributed by atoms with Crippen molar-refractivity contribution in [1.82, 2.24) is 4.90 Å². The molecule has 104 valence electrons. The summed E-state index contributed by atoms with van der Waals surface area (Å²) in [7, 11) is 0. The highest BCUT2D eigenvalue weighted by Gasteiger charge is 2.47. The lowest BCUT2D eigenvalue weighted by Gasteiger charge is -2.43. The third-order valence-corrected chi connectivity index (χ3v) is 4.01. The minimum absolute atomic E-state index is 0.139. The van der Waals surface area contributed by atoms with Gasteiger partial charge in [-0.2, -0.15) is 0 Å². The van der Waals surface area contributed by atoms with Crippen LogP contribution in [0, 0.1) is 0 Å². The van der Waals surface area contributed by atoms with E-state index in [0.717, 1.165) is 38.6 Å². The van der Waals surface area contributed by atoms with Crippen molar-refractivity contribution >= 4 is 6.09 Å². The van der Waals surface area contributed by atoms with Gasteiger partial charge in [0.1, 0.15) is 5.60 Å². The number of carbonyl (C=O) groups excluding carboxylic acids is 1.